The number of ether oxygens (including phenoxy) is 1. The van der Waals surface area contributed by atoms with Gasteiger partial charge in [0.05, 0.1) is 18.0 Å². The van der Waals surface area contributed by atoms with Crippen LogP contribution in [-0.2, 0) is 6.54 Å². The van der Waals surface area contributed by atoms with Crippen LogP contribution < -0.4 is 10.1 Å². The van der Waals surface area contributed by atoms with E-state index in [2.05, 4.69) is 45.1 Å². The van der Waals surface area contributed by atoms with Crippen molar-refractivity contribution < 1.29 is 4.74 Å². The molecule has 0 aliphatic carbocycles. The van der Waals surface area contributed by atoms with Gasteiger partial charge in [-0.05, 0) is 50.7 Å². The molecule has 3 heterocycles. The van der Waals surface area contributed by atoms with Crippen LogP contribution in [0.1, 0.15) is 19.0 Å². The lowest BCUT2D eigenvalue weighted by Crippen LogP contribution is -2.28. The fraction of sp³-hybridized carbons (Fsp3) is 0.381. The Balaban J connectivity index is 1.79. The van der Waals surface area contributed by atoms with Gasteiger partial charge in [-0.15, -0.1) is 0 Å². The third kappa shape index (κ3) is 3.45. The van der Waals surface area contributed by atoms with E-state index in [-0.39, 0.29) is 0 Å². The Morgan fingerprint density at radius 3 is 2.88 bits per heavy atom. The van der Waals surface area contributed by atoms with E-state index in [0.717, 1.165) is 55.4 Å². The number of nitrogens with one attached hydrogen (secondary N) is 1. The molecule has 136 valence electrons. The van der Waals surface area contributed by atoms with Crippen molar-refractivity contribution in [3.05, 3.63) is 54.4 Å². The summed E-state index contributed by atoms with van der Waals surface area (Å²) in [6.45, 7) is 7.88. The fourth-order valence-electron chi connectivity index (χ4n) is 3.63. The molecule has 1 aromatic carbocycles. The summed E-state index contributed by atoms with van der Waals surface area (Å²) in [5, 5.41) is 3.48. The summed E-state index contributed by atoms with van der Waals surface area (Å²) in [4.78, 5) is 7.47. The zero-order chi connectivity index (χ0) is 17.8. The molecule has 0 amide bonds. The smallest absolute Gasteiger partial charge is 0.137 e. The Morgan fingerprint density at radius 2 is 1.96 bits per heavy atom. The monoisotopic (exact) mass is 350 g/mol. The molecule has 0 unspecified atom stereocenters. The predicted molar refractivity (Wildman–Crippen MR) is 105 cm³/mol. The van der Waals surface area contributed by atoms with Gasteiger partial charge < -0.3 is 14.5 Å². The highest BCUT2D eigenvalue weighted by molar-refractivity contribution is 5.72. The van der Waals surface area contributed by atoms with Crippen LogP contribution in [0.25, 0.3) is 16.9 Å². The summed E-state index contributed by atoms with van der Waals surface area (Å²) in [5.74, 6) is 0.900. The van der Waals surface area contributed by atoms with Gasteiger partial charge in [-0.2, -0.15) is 0 Å². The van der Waals surface area contributed by atoms with Gasteiger partial charge in [-0.3, -0.25) is 4.90 Å². The molecule has 0 atom stereocenters. The van der Waals surface area contributed by atoms with Crippen LogP contribution >= 0.6 is 0 Å². The van der Waals surface area contributed by atoms with Crippen molar-refractivity contribution in [2.75, 3.05) is 32.8 Å². The normalized spacial score (nSPS) is 15.9. The molecular weight excluding hydrogens is 324 g/mol. The highest BCUT2D eigenvalue weighted by Gasteiger charge is 2.20. The molecule has 4 rings (SSSR count). The molecule has 0 spiro atoms. The minimum atomic E-state index is 0.650. The maximum absolute atomic E-state index is 5.88. The second-order valence-electron chi connectivity index (χ2n) is 6.64. The number of nitrogens with zero attached hydrogens (tertiary/aromatic N) is 3. The molecule has 1 saturated heterocycles. The SMILES string of the molecule is CCOc1ccccc1-c1nc2ccccn2c1CN1CCCNCC1. The van der Waals surface area contributed by atoms with Crippen LogP contribution in [0, 0.1) is 0 Å². The molecule has 1 fully saturated rings. The summed E-state index contributed by atoms with van der Waals surface area (Å²) in [7, 11) is 0. The van der Waals surface area contributed by atoms with Crippen molar-refractivity contribution >= 4 is 5.65 Å². The van der Waals surface area contributed by atoms with Crippen molar-refractivity contribution in [2.45, 2.75) is 19.9 Å². The number of para-hydroxylation sites is 1. The first-order chi connectivity index (χ1) is 12.9. The van der Waals surface area contributed by atoms with E-state index >= 15 is 0 Å². The molecule has 1 aliphatic heterocycles. The van der Waals surface area contributed by atoms with Gasteiger partial charge in [0.1, 0.15) is 11.4 Å². The number of aromatic nitrogens is 2. The molecule has 0 saturated carbocycles. The van der Waals surface area contributed by atoms with Crippen LogP contribution in [0.15, 0.2) is 48.7 Å². The zero-order valence-electron chi connectivity index (χ0n) is 15.3. The third-order valence-corrected chi connectivity index (χ3v) is 4.88. The Labute approximate surface area is 154 Å². The number of imidazole rings is 1. The Morgan fingerprint density at radius 1 is 1.08 bits per heavy atom. The van der Waals surface area contributed by atoms with E-state index in [1.54, 1.807) is 0 Å². The Bertz CT molecular complexity index is 865. The Kier molecular flexibility index (Phi) is 5.18. The largest absolute Gasteiger partial charge is 0.493 e. The first kappa shape index (κ1) is 17.1. The molecule has 0 radical (unpaired) electrons. The Hall–Kier alpha value is -2.37. The molecule has 26 heavy (non-hydrogen) atoms. The third-order valence-electron chi connectivity index (χ3n) is 4.88. The maximum Gasteiger partial charge on any atom is 0.137 e. The highest BCUT2D eigenvalue weighted by Crippen LogP contribution is 2.33. The summed E-state index contributed by atoms with van der Waals surface area (Å²) in [6.07, 6.45) is 3.29. The molecule has 5 heteroatoms. The second-order valence-corrected chi connectivity index (χ2v) is 6.64. The van der Waals surface area contributed by atoms with Crippen molar-refractivity contribution in [2.24, 2.45) is 0 Å². The topological polar surface area (TPSA) is 41.8 Å². The van der Waals surface area contributed by atoms with Crippen LogP contribution in [0.2, 0.25) is 0 Å². The van der Waals surface area contributed by atoms with Gasteiger partial charge >= 0.3 is 0 Å². The second kappa shape index (κ2) is 7.89. The average molecular weight is 350 g/mol. The fourth-order valence-corrected chi connectivity index (χ4v) is 3.63. The first-order valence-corrected chi connectivity index (χ1v) is 9.48. The number of hydrogen-bond donors (Lipinski definition) is 1. The number of fused-ring (bicyclic) bond motifs is 1. The summed E-state index contributed by atoms with van der Waals surface area (Å²) < 4.78 is 8.10. The van der Waals surface area contributed by atoms with Crippen LogP contribution in [0.5, 0.6) is 5.75 Å². The van der Waals surface area contributed by atoms with E-state index in [1.165, 1.54) is 12.1 Å². The van der Waals surface area contributed by atoms with E-state index in [9.17, 15) is 0 Å². The van der Waals surface area contributed by atoms with Gasteiger partial charge in [0.2, 0.25) is 0 Å². The van der Waals surface area contributed by atoms with E-state index in [1.807, 2.05) is 25.1 Å². The predicted octanol–water partition coefficient (Wildman–Crippen LogP) is 3.20. The van der Waals surface area contributed by atoms with Gasteiger partial charge in [0, 0.05) is 31.4 Å². The minimum Gasteiger partial charge on any atom is -0.493 e. The van der Waals surface area contributed by atoms with Crippen LogP contribution in [0.3, 0.4) is 0 Å². The molecule has 1 N–H and O–H groups in total. The summed E-state index contributed by atoms with van der Waals surface area (Å²) >= 11 is 0. The van der Waals surface area contributed by atoms with E-state index in [0.29, 0.717) is 6.61 Å². The quantitative estimate of drug-likeness (QED) is 0.767. The molecule has 2 aromatic heterocycles. The molecule has 3 aromatic rings. The lowest BCUT2D eigenvalue weighted by atomic mass is 10.1. The molecule has 5 nitrogen and oxygen atoms in total. The van der Waals surface area contributed by atoms with E-state index in [4.69, 9.17) is 9.72 Å². The number of rotatable bonds is 5. The molecular formula is C21H26N4O. The van der Waals surface area contributed by atoms with Crippen molar-refractivity contribution in [3.8, 4) is 17.0 Å². The average Bonchev–Trinajstić information content (AvgIpc) is 2.84. The molecule has 0 bridgehead atoms. The number of hydrogen-bond acceptors (Lipinski definition) is 4. The maximum atomic E-state index is 5.88. The highest BCUT2D eigenvalue weighted by atomic mass is 16.5. The molecule has 1 aliphatic rings. The number of pyridine rings is 1. The van der Waals surface area contributed by atoms with E-state index < -0.39 is 0 Å². The number of benzene rings is 1. The summed E-state index contributed by atoms with van der Waals surface area (Å²) in [6, 6.07) is 14.4. The van der Waals surface area contributed by atoms with Gasteiger partial charge in [0.15, 0.2) is 0 Å². The minimum absolute atomic E-state index is 0.650. The van der Waals surface area contributed by atoms with Gasteiger partial charge in [-0.1, -0.05) is 18.2 Å². The van der Waals surface area contributed by atoms with Crippen LogP contribution in [-0.4, -0.2) is 47.1 Å². The van der Waals surface area contributed by atoms with Crippen molar-refractivity contribution in [3.63, 3.8) is 0 Å². The summed E-state index contributed by atoms with van der Waals surface area (Å²) in [5.41, 5.74) is 4.31. The van der Waals surface area contributed by atoms with Crippen molar-refractivity contribution in [1.82, 2.24) is 19.6 Å². The van der Waals surface area contributed by atoms with Gasteiger partial charge in [-0.25, -0.2) is 4.98 Å². The van der Waals surface area contributed by atoms with Crippen molar-refractivity contribution in [1.29, 1.82) is 0 Å². The zero-order valence-corrected chi connectivity index (χ0v) is 15.3. The van der Waals surface area contributed by atoms with Gasteiger partial charge in [0.25, 0.3) is 0 Å². The first-order valence-electron chi connectivity index (χ1n) is 9.48. The standard InChI is InChI=1S/C21H26N4O/c1-2-26-19-9-4-3-8-17(19)21-18(16-24-13-7-11-22-12-15-24)25-14-6-5-10-20(25)23-21/h3-6,8-10,14,22H,2,7,11-13,15-16H2,1H3. The lowest BCUT2D eigenvalue weighted by Gasteiger charge is -2.20. The lowest BCUT2D eigenvalue weighted by molar-refractivity contribution is 0.280. The van der Waals surface area contributed by atoms with Crippen LogP contribution in [0.4, 0.5) is 0 Å².